The molecule has 0 unspecified atom stereocenters. The topological polar surface area (TPSA) is 143 Å². The lowest BCUT2D eigenvalue weighted by Crippen LogP contribution is -2.38. The summed E-state index contributed by atoms with van der Waals surface area (Å²) in [5.41, 5.74) is 2.74. The lowest BCUT2D eigenvalue weighted by atomic mass is 9.83. The van der Waals surface area contributed by atoms with Gasteiger partial charge in [0.15, 0.2) is 11.5 Å². The number of aliphatic hydroxyl groups excluding tert-OH is 4. The molecule has 1 aliphatic rings. The lowest BCUT2D eigenvalue weighted by molar-refractivity contribution is 0.00430. The fourth-order valence-electron chi connectivity index (χ4n) is 6.28. The SMILES string of the molecule is CC[C@H]1C#CC[C@H]([C@H](O)CCc2ccc(O)c(OC)c2-c2cc3ccc(O)cc3cc2CO)[C@@H](O)CC[C@@H](NC[C@H](C)O)C1. The van der Waals surface area contributed by atoms with Crippen LogP contribution in [0.5, 0.6) is 17.2 Å². The quantitative estimate of drug-likeness (QED) is 0.157. The normalized spacial score (nSPS) is 22.2. The van der Waals surface area contributed by atoms with Crippen LogP contribution in [-0.2, 0) is 13.0 Å². The van der Waals surface area contributed by atoms with Crippen LogP contribution in [0.3, 0.4) is 0 Å². The van der Waals surface area contributed by atoms with Gasteiger partial charge in [0.05, 0.1) is 32.0 Å². The maximum absolute atomic E-state index is 11.4. The van der Waals surface area contributed by atoms with Crippen LogP contribution in [0.1, 0.15) is 63.5 Å². The highest BCUT2D eigenvalue weighted by Crippen LogP contribution is 2.43. The molecule has 0 aliphatic heterocycles. The summed E-state index contributed by atoms with van der Waals surface area (Å²) in [5, 5.41) is 68.4. The van der Waals surface area contributed by atoms with Gasteiger partial charge in [-0.1, -0.05) is 25.0 Å². The minimum Gasteiger partial charge on any atom is -0.508 e. The Kier molecular flexibility index (Phi) is 11.9. The van der Waals surface area contributed by atoms with E-state index in [1.165, 1.54) is 7.11 Å². The van der Waals surface area contributed by atoms with Crippen LogP contribution in [0.15, 0.2) is 42.5 Å². The number of hydrogen-bond donors (Lipinski definition) is 7. The Morgan fingerprint density at radius 3 is 2.52 bits per heavy atom. The molecule has 7 N–H and O–H groups in total. The van der Waals surface area contributed by atoms with E-state index < -0.39 is 24.2 Å². The number of benzene rings is 3. The number of aliphatic hydroxyl groups is 4. The standard InChI is InChI=1S/C36H47NO7/c1-4-23-6-5-7-30(33(42)15-11-28(16-23)37-20-22(2)39)32(41)13-9-24-10-14-34(43)36(44-3)35(24)31-19-25-8-12-29(40)18-26(25)17-27(31)21-38/h8,10,12,14,17-19,22-23,28,30,32-33,37-43H,4,7,9,11,13,15-16,20-21H2,1-3H3/t22-,23-,28+,30+,32+,33-/m0/s1. The summed E-state index contributed by atoms with van der Waals surface area (Å²) in [6.07, 6.45) is 2.14. The highest BCUT2D eigenvalue weighted by molar-refractivity contribution is 5.92. The minimum atomic E-state index is -0.827. The van der Waals surface area contributed by atoms with Gasteiger partial charge in [-0.2, -0.15) is 0 Å². The Bertz CT molecular complexity index is 1460. The van der Waals surface area contributed by atoms with E-state index in [-0.39, 0.29) is 35.8 Å². The van der Waals surface area contributed by atoms with Gasteiger partial charge in [-0.05, 0) is 103 Å². The summed E-state index contributed by atoms with van der Waals surface area (Å²) in [7, 11) is 1.48. The first-order valence-corrected chi connectivity index (χ1v) is 15.7. The summed E-state index contributed by atoms with van der Waals surface area (Å²) >= 11 is 0. The van der Waals surface area contributed by atoms with Crippen molar-refractivity contribution in [1.82, 2.24) is 5.32 Å². The van der Waals surface area contributed by atoms with Crippen molar-refractivity contribution in [3.05, 3.63) is 53.6 Å². The van der Waals surface area contributed by atoms with Crippen molar-refractivity contribution in [2.75, 3.05) is 13.7 Å². The van der Waals surface area contributed by atoms with Crippen LogP contribution in [0.4, 0.5) is 0 Å². The van der Waals surface area contributed by atoms with Crippen LogP contribution >= 0.6 is 0 Å². The Labute approximate surface area is 260 Å². The molecule has 0 fully saturated rings. The van der Waals surface area contributed by atoms with Gasteiger partial charge in [-0.15, -0.1) is 5.92 Å². The van der Waals surface area contributed by atoms with Crippen LogP contribution in [-0.4, -0.2) is 68.6 Å². The largest absolute Gasteiger partial charge is 0.508 e. The maximum atomic E-state index is 11.4. The van der Waals surface area contributed by atoms with E-state index in [0.29, 0.717) is 48.9 Å². The predicted octanol–water partition coefficient (Wildman–Crippen LogP) is 4.63. The van der Waals surface area contributed by atoms with Gasteiger partial charge in [0.1, 0.15) is 5.75 Å². The van der Waals surface area contributed by atoms with Gasteiger partial charge in [-0.3, -0.25) is 0 Å². The van der Waals surface area contributed by atoms with Crippen LogP contribution < -0.4 is 10.1 Å². The number of fused-ring (bicyclic) bond motifs is 1. The van der Waals surface area contributed by atoms with Crippen molar-refractivity contribution >= 4 is 10.8 Å². The molecular formula is C36H47NO7. The van der Waals surface area contributed by atoms with E-state index in [1.54, 1.807) is 37.3 Å². The Morgan fingerprint density at radius 2 is 1.82 bits per heavy atom. The fourth-order valence-corrected chi connectivity index (χ4v) is 6.28. The second kappa shape index (κ2) is 15.6. The van der Waals surface area contributed by atoms with E-state index in [1.807, 2.05) is 12.1 Å². The molecule has 0 saturated heterocycles. The van der Waals surface area contributed by atoms with E-state index in [4.69, 9.17) is 4.74 Å². The van der Waals surface area contributed by atoms with Gasteiger partial charge in [-0.25, -0.2) is 0 Å². The zero-order valence-electron chi connectivity index (χ0n) is 26.0. The van der Waals surface area contributed by atoms with Gasteiger partial charge < -0.3 is 40.7 Å². The third kappa shape index (κ3) is 8.23. The summed E-state index contributed by atoms with van der Waals surface area (Å²) in [5.74, 6) is 6.75. The molecule has 0 spiro atoms. The lowest BCUT2D eigenvalue weighted by Gasteiger charge is -2.30. The summed E-state index contributed by atoms with van der Waals surface area (Å²) < 4.78 is 5.65. The summed E-state index contributed by atoms with van der Waals surface area (Å²) in [6, 6.07) is 12.2. The number of aryl methyl sites for hydroxylation is 1. The second-order valence-corrected chi connectivity index (χ2v) is 12.1. The molecule has 3 aromatic carbocycles. The maximum Gasteiger partial charge on any atom is 0.168 e. The van der Waals surface area contributed by atoms with Crippen molar-refractivity contribution in [3.63, 3.8) is 0 Å². The van der Waals surface area contributed by atoms with Gasteiger partial charge in [0, 0.05) is 36.4 Å². The monoisotopic (exact) mass is 605 g/mol. The number of phenolic OH excluding ortho intramolecular Hbond substituents is 2. The van der Waals surface area contributed by atoms with Crippen LogP contribution in [0.25, 0.3) is 21.9 Å². The third-order valence-electron chi connectivity index (χ3n) is 8.83. The fraction of sp³-hybridized carbons (Fsp3) is 0.500. The van der Waals surface area contributed by atoms with Crippen molar-refractivity contribution in [2.45, 2.75) is 89.8 Å². The zero-order valence-corrected chi connectivity index (χ0v) is 26.0. The van der Waals surface area contributed by atoms with Crippen LogP contribution in [0.2, 0.25) is 0 Å². The van der Waals surface area contributed by atoms with Crippen molar-refractivity contribution in [2.24, 2.45) is 11.8 Å². The van der Waals surface area contributed by atoms with E-state index in [9.17, 15) is 30.6 Å². The predicted molar refractivity (Wildman–Crippen MR) is 173 cm³/mol. The van der Waals surface area contributed by atoms with Crippen molar-refractivity contribution < 1.29 is 35.4 Å². The van der Waals surface area contributed by atoms with E-state index in [2.05, 4.69) is 24.1 Å². The summed E-state index contributed by atoms with van der Waals surface area (Å²) in [4.78, 5) is 0. The van der Waals surface area contributed by atoms with Gasteiger partial charge in [0.2, 0.25) is 0 Å². The first-order chi connectivity index (χ1) is 21.1. The Morgan fingerprint density at radius 1 is 1.02 bits per heavy atom. The summed E-state index contributed by atoms with van der Waals surface area (Å²) in [6.45, 7) is 4.08. The third-order valence-corrected chi connectivity index (χ3v) is 8.83. The average molecular weight is 606 g/mol. The number of rotatable bonds is 11. The molecule has 4 rings (SSSR count). The number of hydrogen-bond acceptors (Lipinski definition) is 8. The van der Waals surface area contributed by atoms with Gasteiger partial charge >= 0.3 is 0 Å². The number of ether oxygens (including phenoxy) is 1. The Hall–Kier alpha value is -3.32. The molecule has 0 bridgehead atoms. The second-order valence-electron chi connectivity index (χ2n) is 12.1. The molecule has 44 heavy (non-hydrogen) atoms. The molecular weight excluding hydrogens is 558 g/mol. The molecule has 0 radical (unpaired) electrons. The van der Waals surface area contributed by atoms with Gasteiger partial charge in [0.25, 0.3) is 0 Å². The molecule has 1 aliphatic carbocycles. The molecule has 0 heterocycles. The Balaban J connectivity index is 1.61. The molecule has 6 atom stereocenters. The molecule has 3 aromatic rings. The average Bonchev–Trinajstić information content (AvgIpc) is 3.01. The number of phenols is 2. The zero-order chi connectivity index (χ0) is 31.8. The highest BCUT2D eigenvalue weighted by atomic mass is 16.5. The van der Waals surface area contributed by atoms with Crippen molar-refractivity contribution in [1.29, 1.82) is 0 Å². The molecule has 8 heteroatoms. The van der Waals surface area contributed by atoms with E-state index >= 15 is 0 Å². The molecule has 0 aromatic heterocycles. The molecule has 238 valence electrons. The minimum absolute atomic E-state index is 0.0382. The first-order valence-electron chi connectivity index (χ1n) is 15.7. The number of methoxy groups -OCH3 is 1. The van der Waals surface area contributed by atoms with Crippen molar-refractivity contribution in [3.8, 4) is 40.2 Å². The molecule has 0 amide bonds. The smallest absolute Gasteiger partial charge is 0.168 e. The number of nitrogens with one attached hydrogen (secondary N) is 1. The van der Waals surface area contributed by atoms with E-state index in [0.717, 1.165) is 35.6 Å². The highest BCUT2D eigenvalue weighted by Gasteiger charge is 2.29. The number of aromatic hydroxyl groups is 2. The molecule has 0 saturated carbocycles. The molecule has 8 nitrogen and oxygen atoms in total. The van der Waals surface area contributed by atoms with Crippen LogP contribution in [0, 0.1) is 23.7 Å². The first kappa shape index (κ1) is 33.6.